The number of likely N-dealkylation sites (tertiary alicyclic amines) is 1. The second kappa shape index (κ2) is 11.0. The number of aliphatic carboxylic acids is 1. The van der Waals surface area contributed by atoms with Gasteiger partial charge in [0.25, 0.3) is 0 Å². The van der Waals surface area contributed by atoms with Gasteiger partial charge in [0, 0.05) is 17.5 Å². The van der Waals surface area contributed by atoms with E-state index in [2.05, 4.69) is 10.2 Å². The van der Waals surface area contributed by atoms with Gasteiger partial charge in [0.2, 0.25) is 5.91 Å². The molecular formula is C16H25Cl2N3O3S. The van der Waals surface area contributed by atoms with Crippen molar-refractivity contribution in [3.63, 3.8) is 0 Å². The van der Waals surface area contributed by atoms with Crippen molar-refractivity contribution >= 4 is 47.2 Å². The maximum Gasteiger partial charge on any atom is 0.317 e. The molecule has 6 nitrogen and oxygen atoms in total. The van der Waals surface area contributed by atoms with E-state index in [0.717, 1.165) is 41.6 Å². The predicted molar refractivity (Wildman–Crippen MR) is 103 cm³/mol. The van der Waals surface area contributed by atoms with Gasteiger partial charge in [-0.1, -0.05) is 11.6 Å². The highest BCUT2D eigenvalue weighted by Crippen LogP contribution is 2.21. The van der Waals surface area contributed by atoms with E-state index >= 15 is 0 Å². The SMILES string of the molecule is CN(CC(=O)O)C1CCCN(CC(=O)NCc2ccc(Cl)s2)CC1.Cl. The van der Waals surface area contributed by atoms with Crippen LogP contribution in [0.3, 0.4) is 0 Å². The van der Waals surface area contributed by atoms with Gasteiger partial charge in [-0.15, -0.1) is 23.7 Å². The minimum atomic E-state index is -0.799. The molecule has 1 aliphatic rings. The highest BCUT2D eigenvalue weighted by atomic mass is 35.5. The molecule has 0 radical (unpaired) electrons. The number of carbonyl (C=O) groups excluding carboxylic acids is 1. The van der Waals surface area contributed by atoms with Crippen molar-refractivity contribution in [1.29, 1.82) is 0 Å². The third-order valence-electron chi connectivity index (χ3n) is 4.25. The largest absolute Gasteiger partial charge is 0.480 e. The van der Waals surface area contributed by atoms with E-state index in [0.29, 0.717) is 13.1 Å². The Bertz CT molecular complexity index is 571. The summed E-state index contributed by atoms with van der Waals surface area (Å²) < 4.78 is 0.725. The van der Waals surface area contributed by atoms with Crippen LogP contribution in [0.2, 0.25) is 4.34 Å². The van der Waals surface area contributed by atoms with Crippen molar-refractivity contribution in [2.75, 3.05) is 33.2 Å². The van der Waals surface area contributed by atoms with Crippen LogP contribution in [0.25, 0.3) is 0 Å². The van der Waals surface area contributed by atoms with Gasteiger partial charge < -0.3 is 10.4 Å². The second-order valence-electron chi connectivity index (χ2n) is 6.15. The topological polar surface area (TPSA) is 72.9 Å². The zero-order valence-corrected chi connectivity index (χ0v) is 16.6. The summed E-state index contributed by atoms with van der Waals surface area (Å²) in [5.41, 5.74) is 0. The van der Waals surface area contributed by atoms with E-state index in [-0.39, 0.29) is 30.9 Å². The summed E-state index contributed by atoms with van der Waals surface area (Å²) in [6.07, 6.45) is 2.83. The maximum atomic E-state index is 12.1. The fraction of sp³-hybridized carbons (Fsp3) is 0.625. The molecule has 2 heterocycles. The zero-order chi connectivity index (χ0) is 17.5. The number of rotatable bonds is 7. The quantitative estimate of drug-likeness (QED) is 0.722. The first-order valence-corrected chi connectivity index (χ1v) is 9.29. The molecule has 1 unspecified atom stereocenters. The normalized spacial score (nSPS) is 18.4. The van der Waals surface area contributed by atoms with E-state index in [1.807, 2.05) is 24.1 Å². The van der Waals surface area contributed by atoms with Gasteiger partial charge in [-0.3, -0.25) is 19.4 Å². The molecule has 142 valence electrons. The van der Waals surface area contributed by atoms with Crippen LogP contribution in [0.5, 0.6) is 0 Å². The predicted octanol–water partition coefficient (Wildman–Crippen LogP) is 2.31. The minimum Gasteiger partial charge on any atom is -0.480 e. The van der Waals surface area contributed by atoms with Gasteiger partial charge in [0.1, 0.15) is 0 Å². The molecule has 0 aromatic carbocycles. The molecule has 1 amide bonds. The Hall–Kier alpha value is -0.860. The van der Waals surface area contributed by atoms with Crippen molar-refractivity contribution in [3.05, 3.63) is 21.3 Å². The molecule has 0 spiro atoms. The standard InChI is InChI=1S/C16H24ClN3O3S.ClH/c1-19(11-16(22)23)12-3-2-7-20(8-6-12)10-15(21)18-9-13-4-5-14(17)24-13;/h4-5,12H,2-3,6-11H2,1H3,(H,18,21)(H,22,23);1H. The minimum absolute atomic E-state index is 0. The molecule has 0 bridgehead atoms. The number of thiophene rings is 1. The number of amides is 1. The number of nitrogens with zero attached hydrogens (tertiary/aromatic N) is 2. The molecule has 1 aromatic rings. The van der Waals surface area contributed by atoms with Crippen molar-refractivity contribution < 1.29 is 14.7 Å². The molecule has 2 rings (SSSR count). The Morgan fingerprint density at radius 3 is 2.80 bits per heavy atom. The van der Waals surface area contributed by atoms with Crippen LogP contribution in [-0.2, 0) is 16.1 Å². The fourth-order valence-electron chi connectivity index (χ4n) is 2.97. The van der Waals surface area contributed by atoms with Crippen molar-refractivity contribution in [1.82, 2.24) is 15.1 Å². The Balaban J connectivity index is 0.00000312. The lowest BCUT2D eigenvalue weighted by molar-refractivity contribution is -0.138. The van der Waals surface area contributed by atoms with E-state index in [1.165, 1.54) is 11.3 Å². The monoisotopic (exact) mass is 409 g/mol. The van der Waals surface area contributed by atoms with Gasteiger partial charge in [-0.05, 0) is 45.0 Å². The number of hydrogen-bond acceptors (Lipinski definition) is 5. The molecule has 1 aromatic heterocycles. The van der Waals surface area contributed by atoms with Gasteiger partial charge in [-0.25, -0.2) is 0 Å². The summed E-state index contributed by atoms with van der Waals surface area (Å²) in [4.78, 5) is 28.0. The van der Waals surface area contributed by atoms with Crippen molar-refractivity contribution in [3.8, 4) is 0 Å². The maximum absolute atomic E-state index is 12.1. The third kappa shape index (κ3) is 7.92. The third-order valence-corrected chi connectivity index (χ3v) is 5.49. The summed E-state index contributed by atoms with van der Waals surface area (Å²) >= 11 is 7.35. The van der Waals surface area contributed by atoms with E-state index in [4.69, 9.17) is 16.7 Å². The van der Waals surface area contributed by atoms with Crippen LogP contribution in [0.15, 0.2) is 12.1 Å². The van der Waals surface area contributed by atoms with Crippen LogP contribution in [-0.4, -0.2) is 66.1 Å². The summed E-state index contributed by atoms with van der Waals surface area (Å²) in [6.45, 7) is 2.64. The summed E-state index contributed by atoms with van der Waals surface area (Å²) in [6, 6.07) is 4.01. The molecule has 0 aliphatic carbocycles. The number of nitrogens with one attached hydrogen (secondary N) is 1. The lowest BCUT2D eigenvalue weighted by Crippen LogP contribution is -2.39. The number of carboxylic acids is 1. The highest BCUT2D eigenvalue weighted by Gasteiger charge is 2.22. The van der Waals surface area contributed by atoms with Crippen LogP contribution >= 0.6 is 35.3 Å². The van der Waals surface area contributed by atoms with Gasteiger partial charge in [-0.2, -0.15) is 0 Å². The highest BCUT2D eigenvalue weighted by molar-refractivity contribution is 7.16. The van der Waals surface area contributed by atoms with E-state index in [9.17, 15) is 9.59 Å². The van der Waals surface area contributed by atoms with Gasteiger partial charge >= 0.3 is 5.97 Å². The molecule has 9 heteroatoms. The molecule has 1 fully saturated rings. The summed E-state index contributed by atoms with van der Waals surface area (Å²) in [5, 5.41) is 11.8. The van der Waals surface area contributed by atoms with Crippen LogP contribution in [0.4, 0.5) is 0 Å². The number of hydrogen-bond donors (Lipinski definition) is 2. The van der Waals surface area contributed by atoms with Crippen molar-refractivity contribution in [2.24, 2.45) is 0 Å². The number of halogens is 2. The first kappa shape index (κ1) is 22.2. The van der Waals surface area contributed by atoms with Gasteiger partial charge in [0.15, 0.2) is 0 Å². The molecule has 0 saturated carbocycles. The van der Waals surface area contributed by atoms with E-state index in [1.54, 1.807) is 0 Å². The second-order valence-corrected chi connectivity index (χ2v) is 7.95. The Kier molecular flexibility index (Phi) is 9.74. The zero-order valence-electron chi connectivity index (χ0n) is 14.2. The molecular weight excluding hydrogens is 385 g/mol. The molecule has 25 heavy (non-hydrogen) atoms. The molecule has 1 atom stereocenters. The number of likely N-dealkylation sites (N-methyl/N-ethyl adjacent to an activating group) is 1. The fourth-order valence-corrected chi connectivity index (χ4v) is 4.00. The first-order valence-electron chi connectivity index (χ1n) is 8.09. The van der Waals surface area contributed by atoms with Crippen molar-refractivity contribution in [2.45, 2.75) is 31.8 Å². The summed E-state index contributed by atoms with van der Waals surface area (Å²) in [7, 11) is 1.85. The van der Waals surface area contributed by atoms with Crippen LogP contribution < -0.4 is 5.32 Å². The number of carbonyl (C=O) groups is 2. The van der Waals surface area contributed by atoms with Gasteiger partial charge in [0.05, 0.1) is 24.0 Å². The first-order chi connectivity index (χ1) is 11.4. The average Bonchev–Trinajstić information content (AvgIpc) is 2.78. The molecule has 2 N–H and O–H groups in total. The lowest BCUT2D eigenvalue weighted by Gasteiger charge is -2.25. The van der Waals surface area contributed by atoms with Crippen LogP contribution in [0.1, 0.15) is 24.1 Å². The smallest absolute Gasteiger partial charge is 0.317 e. The van der Waals surface area contributed by atoms with Crippen LogP contribution in [0, 0.1) is 0 Å². The lowest BCUT2D eigenvalue weighted by atomic mass is 10.1. The summed E-state index contributed by atoms with van der Waals surface area (Å²) in [5.74, 6) is -0.788. The van der Waals surface area contributed by atoms with E-state index < -0.39 is 5.97 Å². The Morgan fingerprint density at radius 2 is 2.16 bits per heavy atom. The average molecular weight is 410 g/mol. The Morgan fingerprint density at radius 1 is 1.40 bits per heavy atom. The molecule has 1 aliphatic heterocycles. The Labute approximate surface area is 163 Å². The number of carboxylic acid groups (broad SMARTS) is 1. The molecule has 1 saturated heterocycles.